The summed E-state index contributed by atoms with van der Waals surface area (Å²) in [4.78, 5) is 12.2. The number of carbonyl (C=O) groups is 1. The van der Waals surface area contributed by atoms with E-state index in [4.69, 9.17) is 9.47 Å². The minimum atomic E-state index is -0.451. The predicted octanol–water partition coefficient (Wildman–Crippen LogP) is 4.10. The standard InChI is InChI=1S/C17H23NO3/c1-4-16(2,3)15(19)18-12-7-8-13-14(11-12)21-17(20-13)9-5-6-10-17/h7-8,11H,4-6,9-10H2,1-3H3,(H,18,19). The van der Waals surface area contributed by atoms with E-state index in [1.165, 1.54) is 0 Å². The molecule has 4 heteroatoms. The second-order valence-electron chi connectivity index (χ2n) is 6.67. The lowest BCUT2D eigenvalue weighted by Gasteiger charge is -2.21. The van der Waals surface area contributed by atoms with Crippen molar-refractivity contribution >= 4 is 11.6 Å². The van der Waals surface area contributed by atoms with Crippen molar-refractivity contribution in [2.75, 3.05) is 5.32 Å². The van der Waals surface area contributed by atoms with Gasteiger partial charge in [-0.25, -0.2) is 0 Å². The molecule has 4 nitrogen and oxygen atoms in total. The molecule has 1 saturated carbocycles. The van der Waals surface area contributed by atoms with Crippen molar-refractivity contribution < 1.29 is 14.3 Å². The molecule has 0 atom stereocenters. The number of benzene rings is 1. The summed E-state index contributed by atoms with van der Waals surface area (Å²) in [6.45, 7) is 5.91. The van der Waals surface area contributed by atoms with Gasteiger partial charge in [0.15, 0.2) is 11.5 Å². The Morgan fingerprint density at radius 1 is 1.24 bits per heavy atom. The fourth-order valence-electron chi connectivity index (χ4n) is 2.75. The molecule has 0 saturated heterocycles. The van der Waals surface area contributed by atoms with Crippen LogP contribution in [0.1, 0.15) is 52.9 Å². The second-order valence-corrected chi connectivity index (χ2v) is 6.67. The fourth-order valence-corrected chi connectivity index (χ4v) is 2.75. The van der Waals surface area contributed by atoms with Gasteiger partial charge in [-0.05, 0) is 31.4 Å². The average molecular weight is 289 g/mol. The number of carbonyl (C=O) groups excluding carboxylic acids is 1. The zero-order valence-corrected chi connectivity index (χ0v) is 13.0. The Labute approximate surface area is 125 Å². The van der Waals surface area contributed by atoms with E-state index >= 15 is 0 Å². The van der Waals surface area contributed by atoms with Crippen LogP contribution in [0.2, 0.25) is 0 Å². The molecule has 1 aromatic rings. The average Bonchev–Trinajstić information content (AvgIpc) is 3.05. The first kappa shape index (κ1) is 14.2. The Morgan fingerprint density at radius 3 is 2.57 bits per heavy atom. The predicted molar refractivity (Wildman–Crippen MR) is 81.6 cm³/mol. The Bertz CT molecular complexity index is 559. The number of hydrogen-bond acceptors (Lipinski definition) is 3. The molecule has 1 aromatic carbocycles. The van der Waals surface area contributed by atoms with Gasteiger partial charge in [0.2, 0.25) is 5.91 Å². The van der Waals surface area contributed by atoms with E-state index < -0.39 is 5.79 Å². The summed E-state index contributed by atoms with van der Waals surface area (Å²) in [5, 5.41) is 2.97. The number of nitrogens with one attached hydrogen (secondary N) is 1. The Hall–Kier alpha value is -1.71. The van der Waals surface area contributed by atoms with Gasteiger partial charge >= 0.3 is 0 Å². The van der Waals surface area contributed by atoms with Gasteiger partial charge in [-0.3, -0.25) is 4.79 Å². The summed E-state index contributed by atoms with van der Waals surface area (Å²) >= 11 is 0. The monoisotopic (exact) mass is 289 g/mol. The topological polar surface area (TPSA) is 47.6 Å². The van der Waals surface area contributed by atoms with Crippen LogP contribution in [-0.4, -0.2) is 11.7 Å². The third-order valence-corrected chi connectivity index (χ3v) is 4.66. The summed E-state index contributed by atoms with van der Waals surface area (Å²) in [6, 6.07) is 5.63. The van der Waals surface area contributed by atoms with Gasteiger partial charge in [0.05, 0.1) is 0 Å². The maximum Gasteiger partial charge on any atom is 0.251 e. The van der Waals surface area contributed by atoms with Crippen LogP contribution in [-0.2, 0) is 4.79 Å². The molecule has 1 spiro atoms. The maximum absolute atomic E-state index is 12.2. The minimum absolute atomic E-state index is 0.0273. The van der Waals surface area contributed by atoms with Crippen LogP contribution in [0, 0.1) is 5.41 Å². The highest BCUT2D eigenvalue weighted by Gasteiger charge is 2.44. The summed E-state index contributed by atoms with van der Waals surface area (Å²) in [5.41, 5.74) is 0.391. The van der Waals surface area contributed by atoms with E-state index in [2.05, 4.69) is 5.32 Å². The Morgan fingerprint density at radius 2 is 1.90 bits per heavy atom. The van der Waals surface area contributed by atoms with Crippen LogP contribution >= 0.6 is 0 Å². The summed E-state index contributed by atoms with van der Waals surface area (Å²) in [7, 11) is 0. The van der Waals surface area contributed by atoms with Gasteiger partial charge in [-0.15, -0.1) is 0 Å². The SMILES string of the molecule is CCC(C)(C)C(=O)Nc1ccc2c(c1)OC1(CCCC1)O2. The molecule has 1 amide bonds. The van der Waals surface area contributed by atoms with Crippen LogP contribution in [0.15, 0.2) is 18.2 Å². The van der Waals surface area contributed by atoms with Crippen molar-refractivity contribution in [2.24, 2.45) is 5.41 Å². The molecule has 21 heavy (non-hydrogen) atoms. The number of fused-ring (bicyclic) bond motifs is 1. The third kappa shape index (κ3) is 2.59. The molecule has 2 aliphatic rings. The van der Waals surface area contributed by atoms with Crippen LogP contribution in [0.4, 0.5) is 5.69 Å². The lowest BCUT2D eigenvalue weighted by atomic mass is 9.89. The highest BCUT2D eigenvalue weighted by atomic mass is 16.7. The smallest absolute Gasteiger partial charge is 0.251 e. The molecule has 1 aliphatic heterocycles. The number of ether oxygens (including phenoxy) is 2. The first-order chi connectivity index (χ1) is 9.94. The van der Waals surface area contributed by atoms with E-state index in [1.54, 1.807) is 0 Å². The molecule has 114 valence electrons. The van der Waals surface area contributed by atoms with Crippen molar-refractivity contribution in [1.29, 1.82) is 0 Å². The van der Waals surface area contributed by atoms with Gasteiger partial charge in [0.25, 0.3) is 5.79 Å². The summed E-state index contributed by atoms with van der Waals surface area (Å²) in [6.07, 6.45) is 4.95. The molecule has 1 aliphatic carbocycles. The highest BCUT2D eigenvalue weighted by Crippen LogP contribution is 2.47. The number of rotatable bonds is 3. The van der Waals surface area contributed by atoms with E-state index in [0.717, 1.165) is 49.3 Å². The van der Waals surface area contributed by atoms with Gasteiger partial charge in [-0.2, -0.15) is 0 Å². The van der Waals surface area contributed by atoms with Crippen LogP contribution in [0.5, 0.6) is 11.5 Å². The lowest BCUT2D eigenvalue weighted by molar-refractivity contribution is -0.124. The van der Waals surface area contributed by atoms with Crippen molar-refractivity contribution in [3.63, 3.8) is 0 Å². The molecule has 1 heterocycles. The van der Waals surface area contributed by atoms with Crippen molar-refractivity contribution in [1.82, 2.24) is 0 Å². The van der Waals surface area contributed by atoms with Gasteiger partial charge in [-0.1, -0.05) is 20.8 Å². The molecule has 0 bridgehead atoms. The molecular formula is C17H23NO3. The molecule has 1 fully saturated rings. The Balaban J connectivity index is 1.75. The highest BCUT2D eigenvalue weighted by molar-refractivity contribution is 5.95. The van der Waals surface area contributed by atoms with Crippen molar-refractivity contribution in [3.05, 3.63) is 18.2 Å². The molecule has 3 rings (SSSR count). The second kappa shape index (κ2) is 4.93. The normalized spacial score (nSPS) is 19.0. The number of anilines is 1. The van der Waals surface area contributed by atoms with Gasteiger partial charge in [0, 0.05) is 30.0 Å². The number of hydrogen-bond donors (Lipinski definition) is 1. The van der Waals surface area contributed by atoms with E-state index in [9.17, 15) is 4.79 Å². The number of amides is 1. The zero-order chi connectivity index (χ0) is 15.1. The van der Waals surface area contributed by atoms with Gasteiger partial charge in [0.1, 0.15) is 0 Å². The molecule has 0 unspecified atom stereocenters. The van der Waals surface area contributed by atoms with Crippen LogP contribution in [0.25, 0.3) is 0 Å². The first-order valence-corrected chi connectivity index (χ1v) is 7.78. The summed E-state index contributed by atoms with van der Waals surface area (Å²) < 4.78 is 12.0. The van der Waals surface area contributed by atoms with E-state index in [0.29, 0.717) is 0 Å². The van der Waals surface area contributed by atoms with Crippen molar-refractivity contribution in [2.45, 2.75) is 58.7 Å². The fraction of sp³-hybridized carbons (Fsp3) is 0.588. The Kier molecular flexibility index (Phi) is 3.34. The quantitative estimate of drug-likeness (QED) is 0.911. The first-order valence-electron chi connectivity index (χ1n) is 7.78. The molecular weight excluding hydrogens is 266 g/mol. The maximum atomic E-state index is 12.2. The van der Waals surface area contributed by atoms with Crippen molar-refractivity contribution in [3.8, 4) is 11.5 Å². The molecule has 0 radical (unpaired) electrons. The minimum Gasteiger partial charge on any atom is -0.448 e. The lowest BCUT2D eigenvalue weighted by Crippen LogP contribution is -2.34. The van der Waals surface area contributed by atoms with E-state index in [-0.39, 0.29) is 11.3 Å². The van der Waals surface area contributed by atoms with Crippen LogP contribution < -0.4 is 14.8 Å². The molecule has 1 N–H and O–H groups in total. The zero-order valence-electron chi connectivity index (χ0n) is 13.0. The largest absolute Gasteiger partial charge is 0.448 e. The van der Waals surface area contributed by atoms with E-state index in [1.807, 2.05) is 39.0 Å². The van der Waals surface area contributed by atoms with Crippen LogP contribution in [0.3, 0.4) is 0 Å². The van der Waals surface area contributed by atoms with Gasteiger partial charge < -0.3 is 14.8 Å². The summed E-state index contributed by atoms with van der Waals surface area (Å²) in [5.74, 6) is 1.10. The third-order valence-electron chi connectivity index (χ3n) is 4.66. The molecule has 0 aromatic heterocycles.